The lowest BCUT2D eigenvalue weighted by Gasteiger charge is -2.12. The van der Waals surface area contributed by atoms with E-state index in [4.69, 9.17) is 10.1 Å². The van der Waals surface area contributed by atoms with E-state index in [-0.39, 0.29) is 12.4 Å². The SMILES string of the molecule is CCc1nc2c(-c3cnc(CCCO)cc3C)cc3cnc(NC(=O)[C@H]4CC4(F)F)cc3n2n1. The van der Waals surface area contributed by atoms with E-state index in [1.807, 2.05) is 26.0 Å². The van der Waals surface area contributed by atoms with Crippen molar-refractivity contribution in [3.63, 3.8) is 0 Å². The Kier molecular flexibility index (Phi) is 5.47. The number of fused-ring (bicyclic) bond motifs is 3. The number of rotatable bonds is 7. The molecule has 1 aliphatic rings. The van der Waals surface area contributed by atoms with Gasteiger partial charge in [0, 0.05) is 60.1 Å². The molecule has 176 valence electrons. The van der Waals surface area contributed by atoms with E-state index in [9.17, 15) is 13.6 Å². The second-order valence-electron chi connectivity index (χ2n) is 8.63. The van der Waals surface area contributed by atoms with Crippen LogP contribution < -0.4 is 5.32 Å². The Morgan fingerprint density at radius 1 is 1.24 bits per heavy atom. The van der Waals surface area contributed by atoms with Crippen molar-refractivity contribution in [2.24, 2.45) is 5.92 Å². The van der Waals surface area contributed by atoms with Crippen molar-refractivity contribution in [1.29, 1.82) is 0 Å². The number of aliphatic hydroxyl groups is 1. The van der Waals surface area contributed by atoms with E-state index in [2.05, 4.69) is 20.4 Å². The first kappa shape index (κ1) is 22.3. The Hall–Kier alpha value is -3.53. The number of nitrogens with zero attached hydrogens (tertiary/aromatic N) is 5. The molecule has 1 atom stereocenters. The van der Waals surface area contributed by atoms with Crippen LogP contribution in [0.15, 0.2) is 30.6 Å². The van der Waals surface area contributed by atoms with Gasteiger partial charge in [0.2, 0.25) is 5.91 Å². The predicted octanol–water partition coefficient (Wildman–Crippen LogP) is 3.73. The standard InChI is InChI=1S/C24H24F2N6O2/c1-3-20-29-22-16(17-12-27-15(5-4-6-33)7-13(17)2)8-14-11-28-21(9-19(14)32(22)31-20)30-23(34)18-10-24(18,25)26/h7-9,11-12,18,33H,3-6,10H2,1-2H3,(H,28,30,34)/t18-/m1/s1. The van der Waals surface area contributed by atoms with Crippen molar-refractivity contribution in [1.82, 2.24) is 24.6 Å². The van der Waals surface area contributed by atoms with Crippen LogP contribution >= 0.6 is 0 Å². The molecule has 0 spiro atoms. The van der Waals surface area contributed by atoms with E-state index >= 15 is 0 Å². The van der Waals surface area contributed by atoms with Gasteiger partial charge in [0.1, 0.15) is 11.7 Å². The van der Waals surface area contributed by atoms with Crippen molar-refractivity contribution >= 4 is 28.3 Å². The Morgan fingerprint density at radius 3 is 2.71 bits per heavy atom. The molecule has 1 fully saturated rings. The fourth-order valence-corrected chi connectivity index (χ4v) is 4.09. The summed E-state index contributed by atoms with van der Waals surface area (Å²) in [7, 11) is 0. The van der Waals surface area contributed by atoms with E-state index in [0.29, 0.717) is 36.3 Å². The Morgan fingerprint density at radius 2 is 2.03 bits per heavy atom. The van der Waals surface area contributed by atoms with Crippen LogP contribution in [0.1, 0.15) is 36.8 Å². The van der Waals surface area contributed by atoms with Crippen molar-refractivity contribution in [2.75, 3.05) is 11.9 Å². The number of halogens is 2. The third-order valence-corrected chi connectivity index (χ3v) is 6.09. The molecular formula is C24H24F2N6O2. The van der Waals surface area contributed by atoms with Gasteiger partial charge in [0.15, 0.2) is 11.5 Å². The molecule has 0 aliphatic heterocycles. The molecule has 4 heterocycles. The third-order valence-electron chi connectivity index (χ3n) is 6.09. The fourth-order valence-electron chi connectivity index (χ4n) is 4.09. The highest BCUT2D eigenvalue weighted by Crippen LogP contribution is 2.49. The van der Waals surface area contributed by atoms with Gasteiger partial charge in [0.05, 0.1) is 5.52 Å². The van der Waals surface area contributed by atoms with Crippen LogP contribution in [-0.4, -0.2) is 48.1 Å². The maximum Gasteiger partial charge on any atom is 0.260 e. The van der Waals surface area contributed by atoms with Crippen molar-refractivity contribution in [3.8, 4) is 11.1 Å². The molecular weight excluding hydrogens is 442 g/mol. The third kappa shape index (κ3) is 3.98. The molecule has 0 unspecified atom stereocenters. The number of aromatic nitrogens is 5. The molecule has 5 rings (SSSR count). The number of carbonyl (C=O) groups excluding carboxylic acids is 1. The topological polar surface area (TPSA) is 105 Å². The summed E-state index contributed by atoms with van der Waals surface area (Å²) in [5.74, 6) is -4.14. The summed E-state index contributed by atoms with van der Waals surface area (Å²) in [4.78, 5) is 25.6. The average molecular weight is 466 g/mol. The number of alkyl halides is 2. The average Bonchev–Trinajstić information content (AvgIpc) is 3.25. The number of carbonyl (C=O) groups is 1. The van der Waals surface area contributed by atoms with E-state index in [0.717, 1.165) is 27.8 Å². The van der Waals surface area contributed by atoms with Crippen LogP contribution in [0.4, 0.5) is 14.6 Å². The number of hydrogen-bond donors (Lipinski definition) is 2. The van der Waals surface area contributed by atoms with Crippen molar-refractivity contribution in [3.05, 3.63) is 47.7 Å². The van der Waals surface area contributed by atoms with Gasteiger partial charge in [-0.15, -0.1) is 0 Å². The molecule has 4 aromatic rings. The highest BCUT2D eigenvalue weighted by atomic mass is 19.3. The monoisotopic (exact) mass is 466 g/mol. The van der Waals surface area contributed by atoms with E-state index in [1.54, 1.807) is 23.0 Å². The zero-order valence-electron chi connectivity index (χ0n) is 18.8. The molecule has 0 saturated heterocycles. The maximum atomic E-state index is 13.3. The zero-order valence-corrected chi connectivity index (χ0v) is 18.8. The van der Waals surface area contributed by atoms with Crippen molar-refractivity contribution in [2.45, 2.75) is 45.5 Å². The smallest absolute Gasteiger partial charge is 0.260 e. The molecule has 0 bridgehead atoms. The quantitative estimate of drug-likeness (QED) is 0.430. The number of aryl methyl sites for hydroxylation is 3. The van der Waals surface area contributed by atoms with Gasteiger partial charge < -0.3 is 10.4 Å². The first-order chi connectivity index (χ1) is 16.3. The molecule has 1 aliphatic carbocycles. The summed E-state index contributed by atoms with van der Waals surface area (Å²) in [5, 5.41) is 17.0. The fraction of sp³-hybridized carbons (Fsp3) is 0.375. The van der Waals surface area contributed by atoms with Crippen LogP contribution in [0, 0.1) is 12.8 Å². The summed E-state index contributed by atoms with van der Waals surface area (Å²) in [6.45, 7) is 4.08. The number of pyridine rings is 3. The summed E-state index contributed by atoms with van der Waals surface area (Å²) in [6.07, 6.45) is 4.94. The zero-order chi connectivity index (χ0) is 24.0. The van der Waals surface area contributed by atoms with Gasteiger partial charge in [-0.25, -0.2) is 23.3 Å². The highest BCUT2D eigenvalue weighted by Gasteiger charge is 2.61. The number of hydrogen-bond acceptors (Lipinski definition) is 6. The lowest BCUT2D eigenvalue weighted by molar-refractivity contribution is -0.119. The first-order valence-corrected chi connectivity index (χ1v) is 11.2. The summed E-state index contributed by atoms with van der Waals surface area (Å²) in [6, 6.07) is 5.58. The molecule has 0 radical (unpaired) electrons. The molecule has 10 heteroatoms. The normalized spacial score (nSPS) is 16.8. The minimum absolute atomic E-state index is 0.117. The largest absolute Gasteiger partial charge is 0.396 e. The number of anilines is 1. The van der Waals surface area contributed by atoms with Crippen LogP contribution in [-0.2, 0) is 17.6 Å². The Balaban J connectivity index is 1.58. The van der Waals surface area contributed by atoms with Crippen LogP contribution in [0.5, 0.6) is 0 Å². The Bertz CT molecular complexity index is 1420. The van der Waals surface area contributed by atoms with Gasteiger partial charge in [0.25, 0.3) is 5.92 Å². The Labute approximate surface area is 194 Å². The van der Waals surface area contributed by atoms with Gasteiger partial charge in [-0.3, -0.25) is 9.78 Å². The first-order valence-electron chi connectivity index (χ1n) is 11.2. The molecule has 2 N–H and O–H groups in total. The number of amides is 1. The minimum atomic E-state index is -2.94. The molecule has 1 amide bonds. The molecule has 8 nitrogen and oxygen atoms in total. The highest BCUT2D eigenvalue weighted by molar-refractivity contribution is 5.97. The molecule has 0 aromatic carbocycles. The van der Waals surface area contributed by atoms with Gasteiger partial charge in [-0.1, -0.05) is 6.92 Å². The summed E-state index contributed by atoms with van der Waals surface area (Å²) in [5.41, 5.74) is 4.97. The van der Waals surface area contributed by atoms with Gasteiger partial charge in [-0.05, 0) is 37.5 Å². The summed E-state index contributed by atoms with van der Waals surface area (Å²) >= 11 is 0. The predicted molar refractivity (Wildman–Crippen MR) is 123 cm³/mol. The van der Waals surface area contributed by atoms with Crippen LogP contribution in [0.2, 0.25) is 0 Å². The van der Waals surface area contributed by atoms with E-state index < -0.39 is 24.2 Å². The molecule has 1 saturated carbocycles. The lowest BCUT2D eigenvalue weighted by atomic mass is 10.0. The number of nitrogens with one attached hydrogen (secondary N) is 1. The summed E-state index contributed by atoms with van der Waals surface area (Å²) < 4.78 is 28.2. The second-order valence-corrected chi connectivity index (χ2v) is 8.63. The number of aliphatic hydroxyl groups excluding tert-OH is 1. The minimum Gasteiger partial charge on any atom is -0.396 e. The second kappa shape index (κ2) is 8.35. The van der Waals surface area contributed by atoms with Crippen LogP contribution in [0.3, 0.4) is 0 Å². The van der Waals surface area contributed by atoms with Crippen LogP contribution in [0.25, 0.3) is 27.7 Å². The van der Waals surface area contributed by atoms with E-state index in [1.165, 1.54) is 0 Å². The van der Waals surface area contributed by atoms with Gasteiger partial charge in [-0.2, -0.15) is 5.10 Å². The van der Waals surface area contributed by atoms with Crippen molar-refractivity contribution < 1.29 is 18.7 Å². The molecule has 34 heavy (non-hydrogen) atoms. The van der Waals surface area contributed by atoms with Gasteiger partial charge >= 0.3 is 0 Å². The lowest BCUT2D eigenvalue weighted by Crippen LogP contribution is -2.18. The maximum absolute atomic E-state index is 13.3. The molecule has 4 aromatic heterocycles.